The molecule has 0 N–H and O–H groups in total. The Balaban J connectivity index is 1.46. The summed E-state index contributed by atoms with van der Waals surface area (Å²) in [5.74, 6) is 0.986. The highest BCUT2D eigenvalue weighted by atomic mass is 16.5. The summed E-state index contributed by atoms with van der Waals surface area (Å²) in [7, 11) is 0. The average molecular weight is 314 g/mol. The quantitative estimate of drug-likeness (QED) is 0.692. The second kappa shape index (κ2) is 6.32. The molecule has 0 spiro atoms. The van der Waals surface area contributed by atoms with Crippen LogP contribution in [0.25, 0.3) is 0 Å². The van der Waals surface area contributed by atoms with Gasteiger partial charge in [-0.2, -0.15) is 0 Å². The number of ether oxygens (including phenoxy) is 1. The van der Waals surface area contributed by atoms with Crippen LogP contribution in [0.2, 0.25) is 0 Å². The number of carbonyl (C=O) groups excluding carboxylic acids is 1. The van der Waals surface area contributed by atoms with E-state index in [4.69, 9.17) is 4.74 Å². The van der Waals surface area contributed by atoms with Crippen molar-refractivity contribution in [1.29, 1.82) is 0 Å². The first-order valence-corrected chi connectivity index (χ1v) is 8.20. The highest BCUT2D eigenvalue weighted by Gasteiger charge is 2.31. The van der Waals surface area contributed by atoms with Gasteiger partial charge in [0.05, 0.1) is 5.92 Å². The molecule has 1 aliphatic carbocycles. The zero-order valence-electron chi connectivity index (χ0n) is 13.3. The Morgan fingerprint density at radius 3 is 2.29 bits per heavy atom. The van der Waals surface area contributed by atoms with Crippen molar-refractivity contribution < 1.29 is 9.53 Å². The Labute approximate surface area is 141 Å². The SMILES string of the molecule is O=C1c2ccccc2CC1c1ccc(OCc2ccccc2)cc1. The number of hydrogen-bond acceptors (Lipinski definition) is 2. The van der Waals surface area contributed by atoms with Crippen molar-refractivity contribution in [3.05, 3.63) is 101 Å². The Kier molecular flexibility index (Phi) is 3.87. The maximum absolute atomic E-state index is 12.6. The molecule has 1 unspecified atom stereocenters. The number of carbonyl (C=O) groups is 1. The Morgan fingerprint density at radius 2 is 1.54 bits per heavy atom. The zero-order valence-corrected chi connectivity index (χ0v) is 13.3. The van der Waals surface area contributed by atoms with Crippen LogP contribution in [0.3, 0.4) is 0 Å². The highest BCUT2D eigenvalue weighted by Crippen LogP contribution is 2.34. The molecular formula is C22H18O2. The summed E-state index contributed by atoms with van der Waals surface area (Å²) in [4.78, 5) is 12.6. The van der Waals surface area contributed by atoms with Crippen LogP contribution in [0.5, 0.6) is 5.75 Å². The molecule has 0 amide bonds. The molecule has 0 aromatic heterocycles. The van der Waals surface area contributed by atoms with Gasteiger partial charge in [-0.05, 0) is 35.2 Å². The number of hydrogen-bond donors (Lipinski definition) is 0. The molecule has 0 saturated heterocycles. The van der Waals surface area contributed by atoms with Crippen LogP contribution in [-0.4, -0.2) is 5.78 Å². The summed E-state index contributed by atoms with van der Waals surface area (Å²) in [6.07, 6.45) is 0.791. The van der Waals surface area contributed by atoms with Crippen molar-refractivity contribution in [2.24, 2.45) is 0 Å². The lowest BCUT2D eigenvalue weighted by Crippen LogP contribution is -2.06. The first kappa shape index (κ1) is 14.7. The first-order valence-electron chi connectivity index (χ1n) is 8.20. The normalized spacial score (nSPS) is 16.0. The third kappa shape index (κ3) is 2.83. The summed E-state index contributed by atoms with van der Waals surface area (Å²) in [6, 6.07) is 25.9. The fourth-order valence-corrected chi connectivity index (χ4v) is 3.25. The fraction of sp³-hybridized carbons (Fsp3) is 0.136. The van der Waals surface area contributed by atoms with E-state index in [9.17, 15) is 4.79 Å². The monoisotopic (exact) mass is 314 g/mol. The van der Waals surface area contributed by atoms with Gasteiger partial charge in [0.2, 0.25) is 0 Å². The lowest BCUT2D eigenvalue weighted by Gasteiger charge is -2.10. The maximum atomic E-state index is 12.6. The van der Waals surface area contributed by atoms with Crippen LogP contribution < -0.4 is 4.74 Å². The molecular weight excluding hydrogens is 296 g/mol. The first-order chi connectivity index (χ1) is 11.8. The van der Waals surface area contributed by atoms with Gasteiger partial charge in [-0.3, -0.25) is 4.79 Å². The minimum Gasteiger partial charge on any atom is -0.489 e. The summed E-state index contributed by atoms with van der Waals surface area (Å²) in [5, 5.41) is 0. The van der Waals surface area contributed by atoms with Gasteiger partial charge in [0, 0.05) is 5.56 Å². The molecule has 0 heterocycles. The van der Waals surface area contributed by atoms with Gasteiger partial charge < -0.3 is 4.74 Å². The largest absolute Gasteiger partial charge is 0.489 e. The van der Waals surface area contributed by atoms with Crippen LogP contribution in [0.15, 0.2) is 78.9 Å². The van der Waals surface area contributed by atoms with E-state index < -0.39 is 0 Å². The minimum absolute atomic E-state index is 0.0643. The number of Topliss-reactive ketones (excluding diaryl/α,β-unsaturated/α-hetero) is 1. The summed E-state index contributed by atoms with van der Waals surface area (Å²) >= 11 is 0. The second-order valence-corrected chi connectivity index (χ2v) is 6.12. The number of ketones is 1. The average Bonchev–Trinajstić information content (AvgIpc) is 2.98. The topological polar surface area (TPSA) is 26.3 Å². The van der Waals surface area contributed by atoms with E-state index in [1.165, 1.54) is 0 Å². The van der Waals surface area contributed by atoms with Crippen molar-refractivity contribution in [1.82, 2.24) is 0 Å². The molecule has 2 nitrogen and oxygen atoms in total. The standard InChI is InChI=1S/C22H18O2/c23-22-20-9-5-4-8-18(20)14-21(22)17-10-12-19(13-11-17)24-15-16-6-2-1-3-7-16/h1-13,21H,14-15H2. The van der Waals surface area contributed by atoms with Crippen molar-refractivity contribution in [3.8, 4) is 5.75 Å². The predicted octanol–water partition coefficient (Wildman–Crippen LogP) is 4.79. The van der Waals surface area contributed by atoms with Gasteiger partial charge in [-0.1, -0.05) is 66.7 Å². The third-order valence-corrected chi connectivity index (χ3v) is 4.55. The zero-order chi connectivity index (χ0) is 16.4. The number of fused-ring (bicyclic) bond motifs is 1. The number of rotatable bonds is 4. The van der Waals surface area contributed by atoms with E-state index in [0.29, 0.717) is 6.61 Å². The molecule has 0 aliphatic heterocycles. The van der Waals surface area contributed by atoms with E-state index in [2.05, 4.69) is 0 Å². The molecule has 4 rings (SSSR count). The van der Waals surface area contributed by atoms with Gasteiger partial charge in [0.1, 0.15) is 12.4 Å². The molecule has 1 atom stereocenters. The Bertz CT molecular complexity index is 851. The van der Waals surface area contributed by atoms with Crippen molar-refractivity contribution in [3.63, 3.8) is 0 Å². The Morgan fingerprint density at radius 1 is 0.833 bits per heavy atom. The minimum atomic E-state index is -0.0643. The summed E-state index contributed by atoms with van der Waals surface area (Å²) in [5.41, 5.74) is 4.22. The predicted molar refractivity (Wildman–Crippen MR) is 94.4 cm³/mol. The molecule has 0 fully saturated rings. The molecule has 118 valence electrons. The highest BCUT2D eigenvalue weighted by molar-refractivity contribution is 6.05. The van der Waals surface area contributed by atoms with Gasteiger partial charge in [-0.25, -0.2) is 0 Å². The van der Waals surface area contributed by atoms with Crippen LogP contribution in [0.4, 0.5) is 0 Å². The van der Waals surface area contributed by atoms with Gasteiger partial charge in [0.15, 0.2) is 5.78 Å². The van der Waals surface area contributed by atoms with Crippen LogP contribution in [-0.2, 0) is 13.0 Å². The van der Waals surface area contributed by atoms with Crippen molar-refractivity contribution in [2.45, 2.75) is 18.9 Å². The van der Waals surface area contributed by atoms with Crippen LogP contribution >= 0.6 is 0 Å². The molecule has 0 saturated carbocycles. The summed E-state index contributed by atoms with van der Waals surface area (Å²) < 4.78 is 5.81. The van der Waals surface area contributed by atoms with Crippen LogP contribution in [0.1, 0.15) is 33.0 Å². The van der Waals surface area contributed by atoms with Crippen molar-refractivity contribution in [2.75, 3.05) is 0 Å². The van der Waals surface area contributed by atoms with Gasteiger partial charge in [-0.15, -0.1) is 0 Å². The third-order valence-electron chi connectivity index (χ3n) is 4.55. The van der Waals surface area contributed by atoms with Crippen molar-refractivity contribution >= 4 is 5.78 Å². The molecule has 3 aromatic rings. The van der Waals surface area contributed by atoms with Gasteiger partial charge >= 0.3 is 0 Å². The molecule has 2 heteroatoms. The van der Waals surface area contributed by atoms with Crippen LogP contribution in [0, 0.1) is 0 Å². The van der Waals surface area contributed by atoms with Gasteiger partial charge in [0.25, 0.3) is 0 Å². The molecule has 24 heavy (non-hydrogen) atoms. The lowest BCUT2D eigenvalue weighted by atomic mass is 9.95. The molecule has 0 bridgehead atoms. The fourth-order valence-electron chi connectivity index (χ4n) is 3.25. The molecule has 3 aromatic carbocycles. The maximum Gasteiger partial charge on any atom is 0.170 e. The Hall–Kier alpha value is -2.87. The smallest absolute Gasteiger partial charge is 0.170 e. The van der Waals surface area contributed by atoms with E-state index >= 15 is 0 Å². The lowest BCUT2D eigenvalue weighted by molar-refractivity contribution is 0.0973. The summed E-state index contributed by atoms with van der Waals surface area (Å²) in [6.45, 7) is 0.550. The van der Waals surface area contributed by atoms with E-state index in [-0.39, 0.29) is 11.7 Å². The second-order valence-electron chi connectivity index (χ2n) is 6.12. The molecule has 1 aliphatic rings. The van der Waals surface area contributed by atoms with E-state index in [1.54, 1.807) is 0 Å². The number of benzene rings is 3. The van der Waals surface area contributed by atoms with E-state index in [0.717, 1.165) is 34.4 Å². The molecule has 0 radical (unpaired) electrons. The van der Waals surface area contributed by atoms with E-state index in [1.807, 2.05) is 78.9 Å².